The molecule has 0 amide bonds. The van der Waals surface area contributed by atoms with Crippen LogP contribution in [0.1, 0.15) is 144 Å². The third-order valence-electron chi connectivity index (χ3n) is 7.35. The van der Waals surface area contributed by atoms with Gasteiger partial charge in [-0.05, 0) is 37.8 Å². The van der Waals surface area contributed by atoms with Crippen LogP contribution < -0.4 is 0 Å². The topological polar surface area (TPSA) is 127 Å². The van der Waals surface area contributed by atoms with Gasteiger partial charge in [0.2, 0.25) is 0 Å². The lowest BCUT2D eigenvalue weighted by atomic mass is 9.74. The fourth-order valence-corrected chi connectivity index (χ4v) is 4.76. The summed E-state index contributed by atoms with van der Waals surface area (Å²) >= 11 is 0. The van der Waals surface area contributed by atoms with E-state index in [-0.39, 0.29) is 12.8 Å². The first-order chi connectivity index (χ1) is 19.3. The normalized spacial score (nSPS) is 13.9. The standard InChI is InChI=1S/C24H38O4.C8H12O4/c1-3-5-7-9-11-15-19-27-23(25)21-17-13-14-18-22(21)24(26)28-20-16-12-10-8-6-4-2;9-6(10)8(7(11)12)4-2-1-3-5-8/h13-14,17-18H,3-12,15-16,19-20H2,1-2H3;1-5H2,(H,9,10)(H,11,12). The zero-order chi connectivity index (χ0) is 29.6. The monoisotopic (exact) mass is 562 g/mol. The van der Waals surface area contributed by atoms with E-state index in [0.29, 0.717) is 37.2 Å². The predicted molar refractivity (Wildman–Crippen MR) is 155 cm³/mol. The van der Waals surface area contributed by atoms with E-state index in [1.807, 2.05) is 0 Å². The van der Waals surface area contributed by atoms with Crippen LogP contribution in [-0.4, -0.2) is 47.3 Å². The molecular formula is C32H50O8. The van der Waals surface area contributed by atoms with Gasteiger partial charge in [-0.15, -0.1) is 0 Å². The summed E-state index contributed by atoms with van der Waals surface area (Å²) in [6, 6.07) is 6.74. The van der Waals surface area contributed by atoms with Gasteiger partial charge in [-0.25, -0.2) is 9.59 Å². The number of carboxylic acids is 2. The summed E-state index contributed by atoms with van der Waals surface area (Å²) in [4.78, 5) is 46.2. The molecule has 1 aliphatic carbocycles. The number of rotatable bonds is 18. The summed E-state index contributed by atoms with van der Waals surface area (Å²) < 4.78 is 10.7. The van der Waals surface area contributed by atoms with Crippen molar-refractivity contribution in [3.63, 3.8) is 0 Å². The third-order valence-corrected chi connectivity index (χ3v) is 7.35. The van der Waals surface area contributed by atoms with Crippen molar-refractivity contribution in [1.29, 1.82) is 0 Å². The van der Waals surface area contributed by atoms with Crippen LogP contribution >= 0.6 is 0 Å². The Hall–Kier alpha value is -2.90. The van der Waals surface area contributed by atoms with Crippen LogP contribution in [0.15, 0.2) is 24.3 Å². The second kappa shape index (κ2) is 20.9. The molecule has 1 aromatic rings. The van der Waals surface area contributed by atoms with E-state index in [1.54, 1.807) is 24.3 Å². The van der Waals surface area contributed by atoms with E-state index in [2.05, 4.69) is 13.8 Å². The minimum Gasteiger partial charge on any atom is -0.480 e. The van der Waals surface area contributed by atoms with Crippen LogP contribution in [-0.2, 0) is 19.1 Å². The van der Waals surface area contributed by atoms with Crippen molar-refractivity contribution in [3.8, 4) is 0 Å². The fraction of sp³-hybridized carbons (Fsp3) is 0.688. The Kier molecular flexibility index (Phi) is 18.4. The minimum absolute atomic E-state index is 0.275. The molecule has 0 heterocycles. The Balaban J connectivity index is 0.000000552. The first-order valence-electron chi connectivity index (χ1n) is 15.2. The number of benzene rings is 1. The van der Waals surface area contributed by atoms with Crippen molar-refractivity contribution in [2.45, 2.75) is 123 Å². The van der Waals surface area contributed by atoms with E-state index in [0.717, 1.165) is 32.1 Å². The first kappa shape index (κ1) is 35.1. The Morgan fingerprint density at radius 3 is 1.35 bits per heavy atom. The molecule has 1 saturated carbocycles. The van der Waals surface area contributed by atoms with Crippen molar-refractivity contribution in [2.75, 3.05) is 13.2 Å². The lowest BCUT2D eigenvalue weighted by Crippen LogP contribution is -2.40. The Morgan fingerprint density at radius 2 is 1.00 bits per heavy atom. The van der Waals surface area contributed by atoms with Crippen LogP contribution in [0.2, 0.25) is 0 Å². The average Bonchev–Trinajstić information content (AvgIpc) is 2.96. The van der Waals surface area contributed by atoms with Crippen LogP contribution in [0.25, 0.3) is 0 Å². The third kappa shape index (κ3) is 13.0. The molecule has 0 bridgehead atoms. The van der Waals surface area contributed by atoms with E-state index >= 15 is 0 Å². The zero-order valence-corrected chi connectivity index (χ0v) is 24.6. The van der Waals surface area contributed by atoms with Gasteiger partial charge in [0.05, 0.1) is 24.3 Å². The van der Waals surface area contributed by atoms with Gasteiger partial charge < -0.3 is 19.7 Å². The molecule has 2 N–H and O–H groups in total. The second-order valence-electron chi connectivity index (χ2n) is 10.6. The molecule has 226 valence electrons. The largest absolute Gasteiger partial charge is 0.480 e. The van der Waals surface area contributed by atoms with Crippen LogP contribution in [0, 0.1) is 5.41 Å². The fourth-order valence-electron chi connectivity index (χ4n) is 4.76. The number of ether oxygens (including phenoxy) is 2. The Morgan fingerprint density at radius 1 is 0.625 bits per heavy atom. The van der Waals surface area contributed by atoms with E-state index in [1.165, 1.54) is 51.4 Å². The maximum absolute atomic E-state index is 12.4. The Labute approximate surface area is 239 Å². The van der Waals surface area contributed by atoms with Gasteiger partial charge in [-0.2, -0.15) is 0 Å². The van der Waals surface area contributed by atoms with Gasteiger partial charge in [0, 0.05) is 0 Å². The smallest absolute Gasteiger partial charge is 0.339 e. The molecule has 1 aliphatic rings. The van der Waals surface area contributed by atoms with Crippen molar-refractivity contribution in [1.82, 2.24) is 0 Å². The van der Waals surface area contributed by atoms with Gasteiger partial charge in [0.25, 0.3) is 0 Å². The molecule has 0 atom stereocenters. The summed E-state index contributed by atoms with van der Waals surface area (Å²) in [5, 5.41) is 17.6. The number of esters is 2. The number of aliphatic carboxylic acids is 2. The van der Waals surface area contributed by atoms with Gasteiger partial charge in [-0.3, -0.25) is 9.59 Å². The molecule has 40 heavy (non-hydrogen) atoms. The summed E-state index contributed by atoms with van der Waals surface area (Å²) in [6.07, 6.45) is 16.5. The molecular weight excluding hydrogens is 512 g/mol. The van der Waals surface area contributed by atoms with Crippen LogP contribution in [0.4, 0.5) is 0 Å². The number of carboxylic acid groups (broad SMARTS) is 2. The molecule has 0 unspecified atom stereocenters. The number of unbranched alkanes of at least 4 members (excludes halogenated alkanes) is 10. The predicted octanol–water partition coefficient (Wildman–Crippen LogP) is 7.83. The molecule has 0 spiro atoms. The van der Waals surface area contributed by atoms with Crippen molar-refractivity contribution < 1.29 is 38.9 Å². The quantitative estimate of drug-likeness (QED) is 0.105. The molecule has 8 heteroatoms. The summed E-state index contributed by atoms with van der Waals surface area (Å²) in [6.45, 7) is 5.17. The zero-order valence-electron chi connectivity index (χ0n) is 24.6. The second-order valence-corrected chi connectivity index (χ2v) is 10.6. The summed E-state index contributed by atoms with van der Waals surface area (Å²) in [5.41, 5.74) is -0.902. The molecule has 1 fully saturated rings. The summed E-state index contributed by atoms with van der Waals surface area (Å²) in [7, 11) is 0. The highest BCUT2D eigenvalue weighted by Crippen LogP contribution is 2.36. The number of carbonyl (C=O) groups is 4. The van der Waals surface area contributed by atoms with E-state index in [9.17, 15) is 19.2 Å². The molecule has 0 aliphatic heterocycles. The van der Waals surface area contributed by atoms with Gasteiger partial charge in [0.1, 0.15) is 0 Å². The van der Waals surface area contributed by atoms with Gasteiger partial charge in [-0.1, -0.05) is 109 Å². The molecule has 0 radical (unpaired) electrons. The van der Waals surface area contributed by atoms with Crippen molar-refractivity contribution in [3.05, 3.63) is 35.4 Å². The van der Waals surface area contributed by atoms with Crippen molar-refractivity contribution in [2.24, 2.45) is 5.41 Å². The SMILES string of the molecule is CCCCCCCCOC(=O)c1ccccc1C(=O)OCCCCCCCC.O=C(O)C1(C(=O)O)CCCCC1. The van der Waals surface area contributed by atoms with Gasteiger partial charge >= 0.3 is 23.9 Å². The number of hydrogen-bond donors (Lipinski definition) is 2. The summed E-state index contributed by atoms with van der Waals surface area (Å²) in [5.74, 6) is -3.26. The number of hydrogen-bond acceptors (Lipinski definition) is 6. The van der Waals surface area contributed by atoms with Gasteiger partial charge in [0.15, 0.2) is 5.41 Å². The minimum atomic E-state index is -1.49. The highest BCUT2D eigenvalue weighted by molar-refractivity contribution is 6.03. The molecule has 1 aromatic carbocycles. The molecule has 0 saturated heterocycles. The highest BCUT2D eigenvalue weighted by atomic mass is 16.5. The highest BCUT2D eigenvalue weighted by Gasteiger charge is 2.46. The van der Waals surface area contributed by atoms with Crippen molar-refractivity contribution >= 4 is 23.9 Å². The van der Waals surface area contributed by atoms with Crippen LogP contribution in [0.3, 0.4) is 0 Å². The van der Waals surface area contributed by atoms with E-state index in [4.69, 9.17) is 19.7 Å². The average molecular weight is 563 g/mol. The Bertz CT molecular complexity index is 824. The maximum Gasteiger partial charge on any atom is 0.339 e. The lowest BCUT2D eigenvalue weighted by molar-refractivity contribution is -0.167. The first-order valence-corrected chi connectivity index (χ1v) is 15.2. The molecule has 8 nitrogen and oxygen atoms in total. The number of carbonyl (C=O) groups excluding carboxylic acids is 2. The molecule has 0 aromatic heterocycles. The van der Waals surface area contributed by atoms with E-state index < -0.39 is 29.3 Å². The molecule has 2 rings (SSSR count). The van der Waals surface area contributed by atoms with Crippen LogP contribution in [0.5, 0.6) is 0 Å². The lowest BCUT2D eigenvalue weighted by Gasteiger charge is -2.28. The maximum atomic E-state index is 12.4.